The number of hydrogen-bond acceptors (Lipinski definition) is 3. The van der Waals surface area contributed by atoms with E-state index >= 15 is 0 Å². The minimum absolute atomic E-state index is 0.225. The molecule has 0 radical (unpaired) electrons. The number of nitrogens with one attached hydrogen (secondary N) is 1. The second kappa shape index (κ2) is 5.72. The van der Waals surface area contributed by atoms with Crippen molar-refractivity contribution in [1.29, 1.82) is 0 Å². The summed E-state index contributed by atoms with van der Waals surface area (Å²) in [6, 6.07) is 19.8. The Morgan fingerprint density at radius 2 is 1.50 bits per heavy atom. The van der Waals surface area contributed by atoms with Crippen LogP contribution in [0.2, 0.25) is 5.28 Å². The largest absolute Gasteiger partial charge is 0.340 e. The number of rotatable bonds is 3. The maximum absolute atomic E-state index is 5.91. The molecular formula is C16H12ClN3. The van der Waals surface area contributed by atoms with E-state index in [0.717, 1.165) is 16.8 Å². The first-order valence-electron chi connectivity index (χ1n) is 6.23. The summed E-state index contributed by atoms with van der Waals surface area (Å²) in [7, 11) is 0. The molecule has 4 heteroatoms. The van der Waals surface area contributed by atoms with Gasteiger partial charge < -0.3 is 5.32 Å². The van der Waals surface area contributed by atoms with Crippen molar-refractivity contribution in [3.05, 3.63) is 72.1 Å². The van der Waals surface area contributed by atoms with Gasteiger partial charge >= 0.3 is 0 Å². The summed E-state index contributed by atoms with van der Waals surface area (Å²) in [6.45, 7) is 0. The molecule has 1 N–H and O–H groups in total. The van der Waals surface area contributed by atoms with Crippen molar-refractivity contribution in [3.8, 4) is 11.1 Å². The Kier molecular flexibility index (Phi) is 3.61. The van der Waals surface area contributed by atoms with Crippen molar-refractivity contribution in [2.24, 2.45) is 0 Å². The molecule has 0 fully saturated rings. The van der Waals surface area contributed by atoms with Crippen molar-refractivity contribution in [3.63, 3.8) is 0 Å². The summed E-state index contributed by atoms with van der Waals surface area (Å²) >= 11 is 5.91. The van der Waals surface area contributed by atoms with E-state index in [0.29, 0.717) is 5.82 Å². The molecule has 0 aliphatic carbocycles. The third-order valence-corrected chi connectivity index (χ3v) is 3.06. The van der Waals surface area contributed by atoms with E-state index in [1.807, 2.05) is 60.7 Å². The van der Waals surface area contributed by atoms with E-state index < -0.39 is 0 Å². The fourth-order valence-electron chi connectivity index (χ4n) is 1.94. The molecule has 3 aromatic rings. The Labute approximate surface area is 122 Å². The number of aromatic nitrogens is 2. The maximum atomic E-state index is 5.91. The van der Waals surface area contributed by atoms with E-state index in [1.165, 1.54) is 0 Å². The highest BCUT2D eigenvalue weighted by molar-refractivity contribution is 6.28. The van der Waals surface area contributed by atoms with Crippen LogP contribution in [0.3, 0.4) is 0 Å². The van der Waals surface area contributed by atoms with Gasteiger partial charge in [0.2, 0.25) is 5.28 Å². The molecule has 0 unspecified atom stereocenters. The molecular weight excluding hydrogens is 270 g/mol. The van der Waals surface area contributed by atoms with Gasteiger partial charge in [-0.15, -0.1) is 0 Å². The van der Waals surface area contributed by atoms with E-state index in [4.69, 9.17) is 11.6 Å². The second-order valence-electron chi connectivity index (χ2n) is 4.26. The number of anilines is 2. The van der Waals surface area contributed by atoms with Gasteiger partial charge in [0.15, 0.2) is 0 Å². The zero-order chi connectivity index (χ0) is 13.8. The first-order chi connectivity index (χ1) is 9.83. The summed E-state index contributed by atoms with van der Waals surface area (Å²) in [5.74, 6) is 0.697. The van der Waals surface area contributed by atoms with Crippen molar-refractivity contribution in [1.82, 2.24) is 9.97 Å². The van der Waals surface area contributed by atoms with Gasteiger partial charge in [0.05, 0.1) is 0 Å². The lowest BCUT2D eigenvalue weighted by atomic mass is 10.1. The Bertz CT molecular complexity index is 699. The number of nitrogens with zero attached hydrogens (tertiary/aromatic N) is 2. The second-order valence-corrected chi connectivity index (χ2v) is 4.60. The predicted octanol–water partition coefficient (Wildman–Crippen LogP) is 4.54. The minimum atomic E-state index is 0.225. The van der Waals surface area contributed by atoms with Crippen LogP contribution in [-0.2, 0) is 0 Å². The van der Waals surface area contributed by atoms with E-state index in [1.54, 1.807) is 6.20 Å². The van der Waals surface area contributed by atoms with Gasteiger partial charge in [0, 0.05) is 17.4 Å². The Morgan fingerprint density at radius 1 is 0.850 bits per heavy atom. The molecule has 0 saturated heterocycles. The van der Waals surface area contributed by atoms with E-state index in [2.05, 4.69) is 15.3 Å². The van der Waals surface area contributed by atoms with Crippen molar-refractivity contribution >= 4 is 23.1 Å². The maximum Gasteiger partial charge on any atom is 0.224 e. The molecule has 3 nitrogen and oxygen atoms in total. The summed E-state index contributed by atoms with van der Waals surface area (Å²) in [5.41, 5.74) is 2.92. The molecule has 1 heterocycles. The Morgan fingerprint density at radius 3 is 2.20 bits per heavy atom. The highest BCUT2D eigenvalue weighted by Crippen LogP contribution is 2.28. The number of halogens is 1. The molecule has 98 valence electrons. The molecule has 0 atom stereocenters. The van der Waals surface area contributed by atoms with Gasteiger partial charge in [-0.2, -0.15) is 4.98 Å². The van der Waals surface area contributed by atoms with Crippen LogP contribution in [0.5, 0.6) is 0 Å². The highest BCUT2D eigenvalue weighted by Gasteiger charge is 2.08. The number of para-hydroxylation sites is 1. The molecule has 2 aromatic carbocycles. The summed E-state index contributed by atoms with van der Waals surface area (Å²) < 4.78 is 0. The van der Waals surface area contributed by atoms with E-state index in [-0.39, 0.29) is 5.28 Å². The third-order valence-electron chi connectivity index (χ3n) is 2.88. The van der Waals surface area contributed by atoms with Crippen LogP contribution in [-0.4, -0.2) is 9.97 Å². The molecule has 0 aliphatic heterocycles. The quantitative estimate of drug-likeness (QED) is 0.716. The summed E-state index contributed by atoms with van der Waals surface area (Å²) in [4.78, 5) is 8.36. The van der Waals surface area contributed by atoms with Crippen LogP contribution in [0.4, 0.5) is 11.5 Å². The van der Waals surface area contributed by atoms with Crippen LogP contribution in [0.25, 0.3) is 11.1 Å². The molecule has 0 aliphatic rings. The van der Waals surface area contributed by atoms with Crippen molar-refractivity contribution < 1.29 is 0 Å². The van der Waals surface area contributed by atoms with Gasteiger partial charge in [0.25, 0.3) is 0 Å². The number of hydrogen-bond donors (Lipinski definition) is 1. The minimum Gasteiger partial charge on any atom is -0.340 e. The fourth-order valence-corrected chi connectivity index (χ4v) is 2.08. The highest BCUT2D eigenvalue weighted by atomic mass is 35.5. The third kappa shape index (κ3) is 2.78. The lowest BCUT2D eigenvalue weighted by Gasteiger charge is -2.11. The number of benzene rings is 2. The summed E-state index contributed by atoms with van der Waals surface area (Å²) in [6.07, 6.45) is 1.73. The van der Waals surface area contributed by atoms with Gasteiger partial charge in [0.1, 0.15) is 5.82 Å². The normalized spacial score (nSPS) is 10.2. The lowest BCUT2D eigenvalue weighted by Crippen LogP contribution is -1.98. The fraction of sp³-hybridized carbons (Fsp3) is 0. The molecule has 3 rings (SSSR count). The molecule has 0 bridgehead atoms. The van der Waals surface area contributed by atoms with Crippen LogP contribution in [0, 0.1) is 0 Å². The summed E-state index contributed by atoms with van der Waals surface area (Å²) in [5, 5.41) is 3.50. The molecule has 0 spiro atoms. The van der Waals surface area contributed by atoms with Crippen molar-refractivity contribution in [2.45, 2.75) is 0 Å². The van der Waals surface area contributed by atoms with Crippen LogP contribution < -0.4 is 5.32 Å². The monoisotopic (exact) mass is 281 g/mol. The Hall–Kier alpha value is -2.39. The van der Waals surface area contributed by atoms with Crippen LogP contribution in [0.1, 0.15) is 0 Å². The average Bonchev–Trinajstić information content (AvgIpc) is 2.49. The standard InChI is InChI=1S/C16H12ClN3/c17-16-18-11-14(12-7-3-1-4-8-12)15(20-16)19-13-9-5-2-6-10-13/h1-11H,(H,18,19,20). The molecule has 0 saturated carbocycles. The SMILES string of the molecule is Clc1ncc(-c2ccccc2)c(Nc2ccccc2)n1. The van der Waals surface area contributed by atoms with Gasteiger partial charge in [-0.25, -0.2) is 4.98 Å². The first kappa shape index (κ1) is 12.6. The zero-order valence-electron chi connectivity index (χ0n) is 10.6. The molecule has 20 heavy (non-hydrogen) atoms. The van der Waals surface area contributed by atoms with Crippen LogP contribution in [0.15, 0.2) is 66.9 Å². The van der Waals surface area contributed by atoms with Crippen molar-refractivity contribution in [2.75, 3.05) is 5.32 Å². The Balaban J connectivity index is 2.03. The van der Waals surface area contributed by atoms with Crippen LogP contribution >= 0.6 is 11.6 Å². The molecule has 1 aromatic heterocycles. The van der Waals surface area contributed by atoms with E-state index in [9.17, 15) is 0 Å². The zero-order valence-corrected chi connectivity index (χ0v) is 11.4. The van der Waals surface area contributed by atoms with Gasteiger partial charge in [-0.1, -0.05) is 48.5 Å². The first-order valence-corrected chi connectivity index (χ1v) is 6.61. The van der Waals surface area contributed by atoms with Gasteiger partial charge in [-0.05, 0) is 29.3 Å². The topological polar surface area (TPSA) is 37.8 Å². The molecule has 0 amide bonds. The smallest absolute Gasteiger partial charge is 0.224 e. The average molecular weight is 282 g/mol. The predicted molar refractivity (Wildman–Crippen MR) is 82.2 cm³/mol. The van der Waals surface area contributed by atoms with Gasteiger partial charge in [-0.3, -0.25) is 0 Å². The lowest BCUT2D eigenvalue weighted by molar-refractivity contribution is 1.17.